The number of ether oxygens (including phenoxy) is 1. The second kappa shape index (κ2) is 9.16. The van der Waals surface area contributed by atoms with Crippen LogP contribution in [0, 0.1) is 0 Å². The minimum absolute atomic E-state index is 0. The van der Waals surface area contributed by atoms with Crippen LogP contribution in [-0.4, -0.2) is 69.5 Å². The van der Waals surface area contributed by atoms with Gasteiger partial charge in [-0.15, -0.1) is 35.3 Å². The van der Waals surface area contributed by atoms with Gasteiger partial charge in [0.25, 0.3) is 10.0 Å². The number of morpholine rings is 1. The van der Waals surface area contributed by atoms with Crippen molar-refractivity contribution < 1.29 is 13.2 Å². The van der Waals surface area contributed by atoms with Crippen LogP contribution in [0.1, 0.15) is 6.92 Å². The second-order valence-electron chi connectivity index (χ2n) is 5.13. The molecule has 1 aliphatic heterocycles. The third-order valence-corrected chi connectivity index (χ3v) is 6.64. The molecule has 0 aliphatic carbocycles. The van der Waals surface area contributed by atoms with Gasteiger partial charge in [-0.1, -0.05) is 6.07 Å². The van der Waals surface area contributed by atoms with Crippen LogP contribution in [0.2, 0.25) is 0 Å². The van der Waals surface area contributed by atoms with Crippen molar-refractivity contribution >= 4 is 51.3 Å². The maximum absolute atomic E-state index is 12.2. The van der Waals surface area contributed by atoms with Crippen LogP contribution in [0.4, 0.5) is 0 Å². The zero-order chi connectivity index (χ0) is 16.2. The van der Waals surface area contributed by atoms with Gasteiger partial charge in [0, 0.05) is 26.7 Å². The first-order valence-electron chi connectivity index (χ1n) is 7.07. The maximum Gasteiger partial charge on any atom is 0.252 e. The van der Waals surface area contributed by atoms with E-state index in [0.29, 0.717) is 43.0 Å². The summed E-state index contributed by atoms with van der Waals surface area (Å²) in [5.74, 6) is 0.442. The average Bonchev–Trinajstić information content (AvgIpc) is 3.01. The molecule has 0 spiro atoms. The molecule has 2 N–H and O–H groups in total. The summed E-state index contributed by atoms with van der Waals surface area (Å²) in [6.07, 6.45) is 0.129. The Morgan fingerprint density at radius 2 is 2.35 bits per heavy atom. The normalized spacial score (nSPS) is 19.7. The van der Waals surface area contributed by atoms with Crippen LogP contribution in [-0.2, 0) is 14.8 Å². The molecule has 0 amide bonds. The first-order valence-corrected chi connectivity index (χ1v) is 9.39. The van der Waals surface area contributed by atoms with Crippen LogP contribution in [0.15, 0.2) is 26.7 Å². The number of rotatable bonds is 5. The van der Waals surface area contributed by atoms with Gasteiger partial charge in [-0.3, -0.25) is 4.99 Å². The standard InChI is InChI=1S/C13H22N4O3S2.HI/c1-11-10-17(7-8-20-11)13(14)15-5-6-16(2)22(18,19)12-4-3-9-21-12;/h3-4,9,11H,5-8,10H2,1-2H3,(H2,14,15);1H. The lowest BCUT2D eigenvalue weighted by atomic mass is 10.3. The minimum Gasteiger partial charge on any atom is -0.375 e. The SMILES string of the molecule is CC1CN(C(N)=NCCN(C)S(=O)(=O)c2cccs2)CCO1.I. The lowest BCUT2D eigenvalue weighted by Gasteiger charge is -2.31. The summed E-state index contributed by atoms with van der Waals surface area (Å²) in [5, 5.41) is 1.75. The first-order chi connectivity index (χ1) is 10.4. The Morgan fingerprint density at radius 3 is 2.96 bits per heavy atom. The Bertz CT molecular complexity index is 607. The molecule has 1 fully saturated rings. The molecular formula is C13H23IN4O3S2. The highest BCUT2D eigenvalue weighted by Gasteiger charge is 2.21. The molecule has 10 heteroatoms. The van der Waals surface area contributed by atoms with Gasteiger partial charge in [0.2, 0.25) is 0 Å². The van der Waals surface area contributed by atoms with Crippen molar-refractivity contribution in [1.29, 1.82) is 0 Å². The number of aliphatic imine (C=N–C) groups is 1. The van der Waals surface area contributed by atoms with E-state index in [1.165, 1.54) is 15.6 Å². The fraction of sp³-hybridized carbons (Fsp3) is 0.615. The van der Waals surface area contributed by atoms with Gasteiger partial charge in [0.05, 0.1) is 19.3 Å². The van der Waals surface area contributed by atoms with Crippen LogP contribution in [0.5, 0.6) is 0 Å². The molecule has 23 heavy (non-hydrogen) atoms. The number of halogens is 1. The molecule has 2 rings (SSSR count). The quantitative estimate of drug-likeness (QED) is 0.391. The van der Waals surface area contributed by atoms with Crippen LogP contribution in [0.3, 0.4) is 0 Å². The van der Waals surface area contributed by atoms with E-state index in [-0.39, 0.29) is 30.1 Å². The van der Waals surface area contributed by atoms with E-state index in [0.717, 1.165) is 0 Å². The Balaban J connectivity index is 0.00000264. The van der Waals surface area contributed by atoms with E-state index in [4.69, 9.17) is 10.5 Å². The lowest BCUT2D eigenvalue weighted by Crippen LogP contribution is -2.48. The molecule has 1 aliphatic rings. The molecule has 132 valence electrons. The highest BCUT2D eigenvalue weighted by Crippen LogP contribution is 2.19. The molecule has 1 aromatic rings. The van der Waals surface area contributed by atoms with E-state index in [1.807, 2.05) is 11.8 Å². The van der Waals surface area contributed by atoms with E-state index in [9.17, 15) is 8.42 Å². The fourth-order valence-corrected chi connectivity index (χ4v) is 4.48. The zero-order valence-electron chi connectivity index (χ0n) is 13.2. The monoisotopic (exact) mass is 474 g/mol. The van der Waals surface area contributed by atoms with Gasteiger partial charge in [-0.25, -0.2) is 8.42 Å². The highest BCUT2D eigenvalue weighted by molar-refractivity contribution is 14.0. The molecule has 0 saturated carbocycles. The molecule has 2 heterocycles. The molecule has 7 nitrogen and oxygen atoms in total. The van der Waals surface area contributed by atoms with E-state index in [1.54, 1.807) is 24.6 Å². The first kappa shape index (κ1) is 20.6. The summed E-state index contributed by atoms with van der Waals surface area (Å²) in [6, 6.07) is 3.32. The summed E-state index contributed by atoms with van der Waals surface area (Å²) in [5.41, 5.74) is 5.95. The predicted octanol–water partition coefficient (Wildman–Crippen LogP) is 1.02. The van der Waals surface area contributed by atoms with E-state index < -0.39 is 10.0 Å². The van der Waals surface area contributed by atoms with Crippen molar-refractivity contribution in [2.24, 2.45) is 10.7 Å². The molecule has 1 unspecified atom stereocenters. The van der Waals surface area contributed by atoms with Crippen LogP contribution >= 0.6 is 35.3 Å². The minimum atomic E-state index is -3.42. The largest absolute Gasteiger partial charge is 0.375 e. The Morgan fingerprint density at radius 1 is 1.61 bits per heavy atom. The van der Waals surface area contributed by atoms with Gasteiger partial charge in [0.15, 0.2) is 5.96 Å². The molecule has 1 saturated heterocycles. The maximum atomic E-state index is 12.2. The van der Waals surface area contributed by atoms with Crippen molar-refractivity contribution in [3.63, 3.8) is 0 Å². The van der Waals surface area contributed by atoms with Crippen molar-refractivity contribution in [2.75, 3.05) is 39.8 Å². The number of sulfonamides is 1. The molecular weight excluding hydrogens is 451 g/mol. The Labute approximate surface area is 158 Å². The number of thiophene rings is 1. The molecule has 0 aromatic carbocycles. The smallest absolute Gasteiger partial charge is 0.252 e. The van der Waals surface area contributed by atoms with Gasteiger partial charge in [0.1, 0.15) is 4.21 Å². The number of guanidine groups is 1. The van der Waals surface area contributed by atoms with Gasteiger partial charge < -0.3 is 15.4 Å². The summed E-state index contributed by atoms with van der Waals surface area (Å²) >= 11 is 1.21. The molecule has 0 radical (unpaired) electrons. The van der Waals surface area contributed by atoms with E-state index in [2.05, 4.69) is 4.99 Å². The van der Waals surface area contributed by atoms with Gasteiger partial charge in [-0.2, -0.15) is 4.31 Å². The zero-order valence-corrected chi connectivity index (χ0v) is 17.2. The number of nitrogens with two attached hydrogens (primary N) is 1. The third kappa shape index (κ3) is 5.55. The summed E-state index contributed by atoms with van der Waals surface area (Å²) in [7, 11) is -1.87. The fourth-order valence-electron chi connectivity index (χ4n) is 2.12. The highest BCUT2D eigenvalue weighted by atomic mass is 127. The topological polar surface area (TPSA) is 88.2 Å². The number of hydrogen-bond donors (Lipinski definition) is 1. The van der Waals surface area contributed by atoms with Crippen molar-refractivity contribution in [1.82, 2.24) is 9.21 Å². The average molecular weight is 474 g/mol. The summed E-state index contributed by atoms with van der Waals surface area (Å²) < 4.78 is 31.6. The van der Waals surface area contributed by atoms with Gasteiger partial charge in [-0.05, 0) is 18.4 Å². The van der Waals surface area contributed by atoms with E-state index >= 15 is 0 Å². The number of nitrogens with zero attached hydrogens (tertiary/aromatic N) is 3. The Kier molecular flexibility index (Phi) is 8.21. The molecule has 1 aromatic heterocycles. The molecule has 0 bridgehead atoms. The Hall–Kier alpha value is -0.430. The van der Waals surface area contributed by atoms with Crippen LogP contribution < -0.4 is 5.73 Å². The van der Waals surface area contributed by atoms with Crippen molar-refractivity contribution in [2.45, 2.75) is 17.2 Å². The van der Waals surface area contributed by atoms with Crippen LogP contribution in [0.25, 0.3) is 0 Å². The van der Waals surface area contributed by atoms with Crippen molar-refractivity contribution in [3.8, 4) is 0 Å². The third-order valence-electron chi connectivity index (χ3n) is 3.41. The van der Waals surface area contributed by atoms with Gasteiger partial charge >= 0.3 is 0 Å². The van der Waals surface area contributed by atoms with Crippen molar-refractivity contribution in [3.05, 3.63) is 17.5 Å². The summed E-state index contributed by atoms with van der Waals surface area (Å²) in [6.45, 7) is 4.66. The number of likely N-dealkylation sites (N-methyl/N-ethyl adjacent to an activating group) is 1. The number of hydrogen-bond acceptors (Lipinski definition) is 5. The second-order valence-corrected chi connectivity index (χ2v) is 8.35. The predicted molar refractivity (Wildman–Crippen MR) is 103 cm³/mol. The lowest BCUT2D eigenvalue weighted by molar-refractivity contribution is 0.00530. The molecule has 1 atom stereocenters. The summed E-state index contributed by atoms with van der Waals surface area (Å²) in [4.78, 5) is 6.24.